The van der Waals surface area contributed by atoms with Gasteiger partial charge in [0.05, 0.1) is 25.9 Å². The van der Waals surface area contributed by atoms with Crippen LogP contribution in [0.1, 0.15) is 43.5 Å². The van der Waals surface area contributed by atoms with Crippen LogP contribution in [-0.4, -0.2) is 81.6 Å². The molecule has 0 aliphatic carbocycles. The normalized spacial score (nSPS) is 22.7. The number of piperidine rings is 1. The number of hydrogen-bond donors (Lipinski definition) is 0. The lowest BCUT2D eigenvalue weighted by Crippen LogP contribution is -2.49. The predicted molar refractivity (Wildman–Crippen MR) is 112 cm³/mol. The molecule has 0 N–H and O–H groups in total. The van der Waals surface area contributed by atoms with Gasteiger partial charge >= 0.3 is 5.97 Å². The molecule has 0 aromatic heterocycles. The summed E-state index contributed by atoms with van der Waals surface area (Å²) < 4.78 is 43.1. The number of rotatable bonds is 6. The number of likely N-dealkylation sites (tertiary alicyclic amines) is 1. The molecule has 2 heterocycles. The number of hydrogen-bond acceptors (Lipinski definition) is 7. The number of carbonyl (C=O) groups excluding carboxylic acids is 2. The summed E-state index contributed by atoms with van der Waals surface area (Å²) in [6.45, 7) is 4.65. The fraction of sp³-hybridized carbons (Fsp3) is 0.619. The van der Waals surface area contributed by atoms with Crippen LogP contribution in [0, 0.1) is 0 Å². The van der Waals surface area contributed by atoms with E-state index >= 15 is 0 Å². The Hall–Kier alpha value is -2.17. The molecule has 1 aromatic carbocycles. The molecule has 0 saturated carbocycles. The summed E-state index contributed by atoms with van der Waals surface area (Å²) in [6, 6.07) is 4.28. The Kier molecular flexibility index (Phi) is 7.55. The van der Waals surface area contributed by atoms with Crippen molar-refractivity contribution in [3.8, 4) is 5.75 Å². The van der Waals surface area contributed by atoms with Crippen molar-refractivity contribution in [2.24, 2.45) is 0 Å². The number of methoxy groups -OCH3 is 1. The van der Waals surface area contributed by atoms with E-state index in [0.717, 1.165) is 19.3 Å². The molecule has 2 aliphatic rings. The van der Waals surface area contributed by atoms with Gasteiger partial charge in [-0.1, -0.05) is 0 Å². The first-order valence-electron chi connectivity index (χ1n) is 10.5. The zero-order chi connectivity index (χ0) is 22.6. The van der Waals surface area contributed by atoms with Gasteiger partial charge in [0, 0.05) is 25.2 Å². The van der Waals surface area contributed by atoms with E-state index in [1.807, 2.05) is 13.8 Å². The van der Waals surface area contributed by atoms with E-state index in [4.69, 9.17) is 14.2 Å². The van der Waals surface area contributed by atoms with E-state index in [1.165, 1.54) is 29.6 Å². The van der Waals surface area contributed by atoms with Crippen molar-refractivity contribution < 1.29 is 32.2 Å². The highest BCUT2D eigenvalue weighted by molar-refractivity contribution is 7.89. The van der Waals surface area contributed by atoms with Gasteiger partial charge in [0.25, 0.3) is 5.91 Å². The predicted octanol–water partition coefficient (Wildman–Crippen LogP) is 1.66. The Balaban J connectivity index is 1.74. The third kappa shape index (κ3) is 5.19. The second kappa shape index (κ2) is 9.97. The maximum Gasteiger partial charge on any atom is 0.338 e. The van der Waals surface area contributed by atoms with Crippen molar-refractivity contribution in [2.45, 2.75) is 50.1 Å². The average molecular weight is 455 g/mol. The van der Waals surface area contributed by atoms with E-state index in [0.29, 0.717) is 13.2 Å². The molecule has 2 fully saturated rings. The van der Waals surface area contributed by atoms with Gasteiger partial charge in [0.2, 0.25) is 10.0 Å². The van der Waals surface area contributed by atoms with E-state index < -0.39 is 16.0 Å². The number of morpholine rings is 1. The molecule has 0 spiro atoms. The van der Waals surface area contributed by atoms with Crippen LogP contribution < -0.4 is 4.74 Å². The smallest absolute Gasteiger partial charge is 0.338 e. The van der Waals surface area contributed by atoms with Gasteiger partial charge in [-0.05, 0) is 51.3 Å². The Bertz CT molecular complexity index is 902. The van der Waals surface area contributed by atoms with Crippen LogP contribution >= 0.6 is 0 Å². The first-order chi connectivity index (χ1) is 14.8. The summed E-state index contributed by atoms with van der Waals surface area (Å²) in [5.74, 6) is -0.871. The monoisotopic (exact) mass is 454 g/mol. The zero-order valence-electron chi connectivity index (χ0n) is 18.2. The topological polar surface area (TPSA) is 102 Å². The Morgan fingerprint density at radius 1 is 1.13 bits per heavy atom. The zero-order valence-corrected chi connectivity index (χ0v) is 19.0. The van der Waals surface area contributed by atoms with Gasteiger partial charge in [-0.2, -0.15) is 4.31 Å². The van der Waals surface area contributed by atoms with Gasteiger partial charge in [0.1, 0.15) is 10.6 Å². The molecule has 31 heavy (non-hydrogen) atoms. The Labute approximate surface area is 183 Å². The molecule has 172 valence electrons. The molecule has 1 amide bonds. The number of amides is 1. The largest absolute Gasteiger partial charge is 0.495 e. The van der Waals surface area contributed by atoms with Crippen LogP contribution in [0.3, 0.4) is 0 Å². The standard InChI is InChI=1S/C21H30N2O7S/c1-15-5-4-6-16(2)23(15)20(24)14-30-21(25)17-7-8-18(28-3)19(13-17)31(26,27)22-9-11-29-12-10-22/h7-8,13,15-16H,4-6,9-12,14H2,1-3H3/t15-,16-/m0/s1. The Morgan fingerprint density at radius 3 is 2.39 bits per heavy atom. The number of nitrogens with zero attached hydrogens (tertiary/aromatic N) is 2. The van der Waals surface area contributed by atoms with Crippen molar-refractivity contribution in [2.75, 3.05) is 40.0 Å². The highest BCUT2D eigenvalue weighted by atomic mass is 32.2. The van der Waals surface area contributed by atoms with E-state index in [-0.39, 0.29) is 53.9 Å². The van der Waals surface area contributed by atoms with E-state index in [1.54, 1.807) is 4.90 Å². The minimum atomic E-state index is -3.88. The van der Waals surface area contributed by atoms with Crippen LogP contribution in [-0.2, 0) is 24.3 Å². The lowest BCUT2D eigenvalue weighted by atomic mass is 9.97. The maximum absolute atomic E-state index is 13.1. The fourth-order valence-electron chi connectivity index (χ4n) is 4.13. The lowest BCUT2D eigenvalue weighted by Gasteiger charge is -2.38. The number of sulfonamides is 1. The second-order valence-corrected chi connectivity index (χ2v) is 9.79. The molecule has 2 aliphatic heterocycles. The molecule has 0 radical (unpaired) electrons. The van der Waals surface area contributed by atoms with Crippen molar-refractivity contribution in [1.82, 2.24) is 9.21 Å². The first-order valence-corrected chi connectivity index (χ1v) is 11.9. The summed E-state index contributed by atoms with van der Waals surface area (Å²) in [6.07, 6.45) is 2.91. The summed E-state index contributed by atoms with van der Waals surface area (Å²) in [5.41, 5.74) is 0.0418. The molecule has 1 aromatic rings. The summed E-state index contributed by atoms with van der Waals surface area (Å²) in [4.78, 5) is 26.8. The van der Waals surface area contributed by atoms with E-state index in [9.17, 15) is 18.0 Å². The van der Waals surface area contributed by atoms with Gasteiger partial charge < -0.3 is 19.1 Å². The quantitative estimate of drug-likeness (QED) is 0.603. The maximum atomic E-state index is 13.1. The summed E-state index contributed by atoms with van der Waals surface area (Å²) in [7, 11) is -2.51. The van der Waals surface area contributed by atoms with Gasteiger partial charge in [-0.15, -0.1) is 0 Å². The van der Waals surface area contributed by atoms with Crippen LogP contribution in [0.25, 0.3) is 0 Å². The molecule has 9 nitrogen and oxygen atoms in total. The van der Waals surface area contributed by atoms with Crippen LogP contribution in [0.15, 0.2) is 23.1 Å². The number of carbonyl (C=O) groups is 2. The number of esters is 1. The van der Waals surface area contributed by atoms with Crippen molar-refractivity contribution in [1.29, 1.82) is 0 Å². The highest BCUT2D eigenvalue weighted by Gasteiger charge is 2.31. The molecule has 2 atom stereocenters. The van der Waals surface area contributed by atoms with E-state index in [2.05, 4.69) is 0 Å². The van der Waals surface area contributed by atoms with Gasteiger partial charge in [-0.3, -0.25) is 4.79 Å². The highest BCUT2D eigenvalue weighted by Crippen LogP contribution is 2.29. The minimum Gasteiger partial charge on any atom is -0.495 e. The fourth-order valence-corrected chi connectivity index (χ4v) is 5.72. The molecule has 2 saturated heterocycles. The summed E-state index contributed by atoms with van der Waals surface area (Å²) >= 11 is 0. The van der Waals surface area contributed by atoms with Crippen LogP contribution in [0.4, 0.5) is 0 Å². The van der Waals surface area contributed by atoms with Crippen molar-refractivity contribution >= 4 is 21.9 Å². The SMILES string of the molecule is COc1ccc(C(=O)OCC(=O)N2[C@@H](C)CCC[C@@H]2C)cc1S(=O)(=O)N1CCOCC1. The first kappa shape index (κ1) is 23.5. The molecule has 3 rings (SSSR count). The number of benzene rings is 1. The molecule has 0 unspecified atom stereocenters. The third-order valence-electron chi connectivity index (χ3n) is 5.80. The Morgan fingerprint density at radius 2 is 1.77 bits per heavy atom. The molecule has 10 heteroatoms. The molecular weight excluding hydrogens is 424 g/mol. The number of ether oxygens (including phenoxy) is 3. The van der Waals surface area contributed by atoms with Crippen LogP contribution in [0.2, 0.25) is 0 Å². The minimum absolute atomic E-state index is 0.0418. The molecule has 0 bridgehead atoms. The average Bonchev–Trinajstić information content (AvgIpc) is 2.77. The second-order valence-electron chi connectivity index (χ2n) is 7.89. The van der Waals surface area contributed by atoms with Crippen molar-refractivity contribution in [3.63, 3.8) is 0 Å². The van der Waals surface area contributed by atoms with Crippen molar-refractivity contribution in [3.05, 3.63) is 23.8 Å². The van der Waals surface area contributed by atoms with Gasteiger partial charge in [-0.25, -0.2) is 13.2 Å². The summed E-state index contributed by atoms with van der Waals surface area (Å²) in [5, 5.41) is 0. The van der Waals surface area contributed by atoms with Crippen LogP contribution in [0.5, 0.6) is 5.75 Å². The molecular formula is C21H30N2O7S. The lowest BCUT2D eigenvalue weighted by molar-refractivity contribution is -0.140. The van der Waals surface area contributed by atoms with Gasteiger partial charge in [0.15, 0.2) is 6.61 Å². The third-order valence-corrected chi connectivity index (χ3v) is 7.72.